The molecule has 6 nitrogen and oxygen atoms in total. The largest absolute Gasteiger partial charge is 0.335 e. The molecule has 2 saturated heterocycles. The average Bonchev–Trinajstić information content (AvgIpc) is 3.00. The molecule has 0 radical (unpaired) electrons. The second-order valence-electron chi connectivity index (χ2n) is 6.39. The van der Waals surface area contributed by atoms with Crippen LogP contribution in [0.15, 0.2) is 41.9 Å². The van der Waals surface area contributed by atoms with E-state index in [2.05, 4.69) is 0 Å². The Morgan fingerprint density at radius 1 is 1.33 bits per heavy atom. The van der Waals surface area contributed by atoms with Crippen LogP contribution in [-0.2, 0) is 4.79 Å². The van der Waals surface area contributed by atoms with Crippen LogP contribution < -0.4 is 0 Å². The summed E-state index contributed by atoms with van der Waals surface area (Å²) in [6.07, 6.45) is 1.86. The molecule has 0 aromatic heterocycles. The summed E-state index contributed by atoms with van der Waals surface area (Å²) in [5.41, 5.74) is 0.124. The predicted molar refractivity (Wildman–Crippen MR) is 92.5 cm³/mol. The van der Waals surface area contributed by atoms with Crippen molar-refractivity contribution in [1.82, 2.24) is 14.7 Å². The molecule has 1 N–H and O–H groups in total. The van der Waals surface area contributed by atoms with Gasteiger partial charge in [-0.05, 0) is 17.5 Å². The maximum atomic E-state index is 12.8. The fourth-order valence-corrected chi connectivity index (χ4v) is 4.83. The molecule has 2 fully saturated rings. The molecule has 0 saturated carbocycles. The SMILES string of the molecule is CN1C(=N)N2C=CSCC23CN(C(=O)c2ccccc2)CC3C1=O. The number of thioether (sulfide) groups is 1. The lowest BCUT2D eigenvalue weighted by Gasteiger charge is -2.50. The molecule has 24 heavy (non-hydrogen) atoms. The lowest BCUT2D eigenvalue weighted by atomic mass is 9.84. The number of carbonyl (C=O) groups is 2. The highest BCUT2D eigenvalue weighted by Gasteiger charge is 2.60. The van der Waals surface area contributed by atoms with E-state index in [0.29, 0.717) is 24.4 Å². The van der Waals surface area contributed by atoms with E-state index in [4.69, 9.17) is 5.41 Å². The molecular weight excluding hydrogens is 324 g/mol. The van der Waals surface area contributed by atoms with Gasteiger partial charge >= 0.3 is 0 Å². The number of guanidine groups is 1. The number of rotatable bonds is 1. The first-order valence-electron chi connectivity index (χ1n) is 7.83. The summed E-state index contributed by atoms with van der Waals surface area (Å²) in [5, 5.41) is 10.2. The molecule has 2 atom stereocenters. The molecule has 2 amide bonds. The lowest BCUT2D eigenvalue weighted by Crippen LogP contribution is -2.68. The van der Waals surface area contributed by atoms with E-state index >= 15 is 0 Å². The van der Waals surface area contributed by atoms with Crippen LogP contribution in [0.2, 0.25) is 0 Å². The normalized spacial score (nSPS) is 28.9. The summed E-state index contributed by atoms with van der Waals surface area (Å²) in [5.74, 6) is 0.453. The van der Waals surface area contributed by atoms with Gasteiger partial charge in [-0.25, -0.2) is 0 Å². The van der Waals surface area contributed by atoms with Gasteiger partial charge in [-0.3, -0.25) is 19.9 Å². The monoisotopic (exact) mass is 342 g/mol. The fraction of sp³-hybridized carbons (Fsp3) is 0.353. The zero-order valence-corrected chi connectivity index (χ0v) is 14.1. The number of nitrogens with one attached hydrogen (secondary N) is 1. The smallest absolute Gasteiger partial charge is 0.253 e. The van der Waals surface area contributed by atoms with Gasteiger partial charge in [0.1, 0.15) is 0 Å². The Hall–Kier alpha value is -2.28. The number of hydrogen-bond acceptors (Lipinski definition) is 4. The number of hydrogen-bond donors (Lipinski definition) is 1. The van der Waals surface area contributed by atoms with Crippen LogP contribution in [0.5, 0.6) is 0 Å². The first kappa shape index (κ1) is 15.3. The summed E-state index contributed by atoms with van der Waals surface area (Å²) in [6, 6.07) is 9.16. The molecule has 0 bridgehead atoms. The molecule has 3 aliphatic heterocycles. The zero-order chi connectivity index (χ0) is 16.9. The van der Waals surface area contributed by atoms with E-state index < -0.39 is 5.54 Å². The van der Waals surface area contributed by atoms with Crippen LogP contribution >= 0.6 is 11.8 Å². The summed E-state index contributed by atoms with van der Waals surface area (Å²) < 4.78 is 0. The van der Waals surface area contributed by atoms with Crippen molar-refractivity contribution in [3.63, 3.8) is 0 Å². The van der Waals surface area contributed by atoms with Crippen molar-refractivity contribution in [2.45, 2.75) is 5.54 Å². The molecular formula is C17H18N4O2S. The van der Waals surface area contributed by atoms with Gasteiger partial charge in [-0.15, -0.1) is 11.8 Å². The molecule has 2 unspecified atom stereocenters. The summed E-state index contributed by atoms with van der Waals surface area (Å²) >= 11 is 1.64. The lowest BCUT2D eigenvalue weighted by molar-refractivity contribution is -0.136. The van der Waals surface area contributed by atoms with Gasteiger partial charge < -0.3 is 9.80 Å². The minimum absolute atomic E-state index is 0.0548. The zero-order valence-electron chi connectivity index (χ0n) is 13.3. The number of nitrogens with zero attached hydrogens (tertiary/aromatic N) is 3. The highest BCUT2D eigenvalue weighted by molar-refractivity contribution is 8.02. The maximum absolute atomic E-state index is 12.8. The fourth-order valence-electron chi connectivity index (χ4n) is 3.81. The Bertz CT molecular complexity index is 750. The molecule has 3 aliphatic rings. The average molecular weight is 342 g/mol. The van der Waals surface area contributed by atoms with Crippen molar-refractivity contribution < 1.29 is 9.59 Å². The van der Waals surface area contributed by atoms with Gasteiger partial charge in [0, 0.05) is 37.7 Å². The molecule has 4 rings (SSSR count). The van der Waals surface area contributed by atoms with Gasteiger partial charge in [-0.1, -0.05) is 18.2 Å². The standard InChI is InChI=1S/C17H18N4O2S/c1-19-15(23)13-9-20(14(22)12-5-3-2-4-6-12)10-17(13)11-24-8-7-21(17)16(19)18/h2-8,13,18H,9-11H2,1H3. The van der Waals surface area contributed by atoms with Crippen molar-refractivity contribution in [1.29, 1.82) is 5.41 Å². The number of amides is 2. The molecule has 0 aliphatic carbocycles. The van der Waals surface area contributed by atoms with Gasteiger partial charge in [0.05, 0.1) is 11.5 Å². The van der Waals surface area contributed by atoms with Gasteiger partial charge in [0.2, 0.25) is 11.9 Å². The van der Waals surface area contributed by atoms with Gasteiger partial charge in [-0.2, -0.15) is 0 Å². The van der Waals surface area contributed by atoms with Crippen LogP contribution in [-0.4, -0.2) is 63.9 Å². The van der Waals surface area contributed by atoms with Crippen molar-refractivity contribution in [2.75, 3.05) is 25.9 Å². The van der Waals surface area contributed by atoms with Crippen LogP contribution in [0.1, 0.15) is 10.4 Å². The minimum atomic E-state index is -0.509. The molecule has 124 valence electrons. The predicted octanol–water partition coefficient (Wildman–Crippen LogP) is 1.42. The Kier molecular flexibility index (Phi) is 3.42. The van der Waals surface area contributed by atoms with Crippen LogP contribution in [0, 0.1) is 11.3 Å². The summed E-state index contributed by atoms with van der Waals surface area (Å²) in [7, 11) is 1.63. The molecule has 1 aromatic rings. The van der Waals surface area contributed by atoms with Crippen LogP contribution in [0.4, 0.5) is 0 Å². The highest BCUT2D eigenvalue weighted by Crippen LogP contribution is 2.43. The third-order valence-corrected chi connectivity index (χ3v) is 6.10. The van der Waals surface area contributed by atoms with Gasteiger partial charge in [0.25, 0.3) is 5.91 Å². The minimum Gasteiger partial charge on any atom is -0.335 e. The van der Waals surface area contributed by atoms with Crippen LogP contribution in [0.3, 0.4) is 0 Å². The van der Waals surface area contributed by atoms with E-state index in [1.54, 1.807) is 35.8 Å². The second kappa shape index (κ2) is 5.37. The third kappa shape index (κ3) is 2.00. The Morgan fingerprint density at radius 2 is 2.08 bits per heavy atom. The first-order chi connectivity index (χ1) is 11.5. The van der Waals surface area contributed by atoms with E-state index in [1.807, 2.05) is 34.7 Å². The summed E-state index contributed by atoms with van der Waals surface area (Å²) in [4.78, 5) is 30.6. The van der Waals surface area contributed by atoms with Crippen molar-refractivity contribution in [3.05, 3.63) is 47.5 Å². The van der Waals surface area contributed by atoms with Gasteiger partial charge in [0.15, 0.2) is 0 Å². The third-order valence-electron chi connectivity index (χ3n) is 5.12. The van der Waals surface area contributed by atoms with E-state index in [1.165, 1.54) is 4.90 Å². The molecule has 1 aromatic carbocycles. The number of likely N-dealkylation sites (tertiary alicyclic amines) is 1. The Balaban J connectivity index is 1.71. The van der Waals surface area contributed by atoms with Crippen LogP contribution in [0.25, 0.3) is 0 Å². The second-order valence-corrected chi connectivity index (χ2v) is 7.29. The van der Waals surface area contributed by atoms with Crippen molar-refractivity contribution in [2.24, 2.45) is 5.92 Å². The number of carbonyl (C=O) groups excluding carboxylic acids is 2. The van der Waals surface area contributed by atoms with Crippen molar-refractivity contribution >= 4 is 29.5 Å². The topological polar surface area (TPSA) is 67.7 Å². The summed E-state index contributed by atoms with van der Waals surface area (Å²) in [6.45, 7) is 0.861. The van der Waals surface area contributed by atoms with E-state index in [-0.39, 0.29) is 23.7 Å². The Labute approximate surface area is 144 Å². The number of benzene rings is 1. The van der Waals surface area contributed by atoms with Crippen molar-refractivity contribution in [3.8, 4) is 0 Å². The first-order valence-corrected chi connectivity index (χ1v) is 8.87. The highest BCUT2D eigenvalue weighted by atomic mass is 32.2. The Morgan fingerprint density at radius 3 is 2.83 bits per heavy atom. The maximum Gasteiger partial charge on any atom is 0.253 e. The quantitative estimate of drug-likeness (QED) is 0.838. The molecule has 1 spiro atoms. The van der Waals surface area contributed by atoms with E-state index in [0.717, 1.165) is 0 Å². The molecule has 7 heteroatoms. The molecule has 3 heterocycles. The van der Waals surface area contributed by atoms with E-state index in [9.17, 15) is 9.59 Å².